The van der Waals surface area contributed by atoms with E-state index in [1.807, 2.05) is 13.8 Å². The Labute approximate surface area is 113 Å². The summed E-state index contributed by atoms with van der Waals surface area (Å²) in [5, 5.41) is 13.9. The summed E-state index contributed by atoms with van der Waals surface area (Å²) in [7, 11) is 3.04. The van der Waals surface area contributed by atoms with E-state index in [1.54, 1.807) is 0 Å². The molecule has 3 amide bonds. The van der Waals surface area contributed by atoms with Gasteiger partial charge in [0, 0.05) is 27.1 Å². The van der Waals surface area contributed by atoms with Crippen LogP contribution in [0.25, 0.3) is 0 Å². The van der Waals surface area contributed by atoms with E-state index in [9.17, 15) is 14.4 Å². The minimum atomic E-state index is -1.05. The van der Waals surface area contributed by atoms with Crippen LogP contribution in [0.3, 0.4) is 0 Å². The normalized spacial score (nSPS) is 11.8. The number of carboxylic acids is 1. The molecule has 3 N–H and O–H groups in total. The SMILES string of the molecule is CNC(=O)CCN(C)C(=O)N[C@H](CC(C)C)C(=O)O. The van der Waals surface area contributed by atoms with E-state index in [0.29, 0.717) is 6.42 Å². The van der Waals surface area contributed by atoms with Crippen LogP contribution in [0, 0.1) is 5.92 Å². The van der Waals surface area contributed by atoms with E-state index in [0.717, 1.165) is 0 Å². The Bertz CT molecular complexity index is 331. The lowest BCUT2D eigenvalue weighted by atomic mass is 10.0. The first-order chi connectivity index (χ1) is 8.77. The van der Waals surface area contributed by atoms with Gasteiger partial charge in [-0.2, -0.15) is 0 Å². The van der Waals surface area contributed by atoms with Crippen LogP contribution in [-0.2, 0) is 9.59 Å². The molecule has 0 saturated heterocycles. The van der Waals surface area contributed by atoms with Crippen molar-refractivity contribution in [1.29, 1.82) is 0 Å². The highest BCUT2D eigenvalue weighted by atomic mass is 16.4. The molecule has 7 heteroatoms. The second-order valence-corrected chi connectivity index (χ2v) is 4.81. The molecule has 7 nitrogen and oxygen atoms in total. The van der Waals surface area contributed by atoms with Gasteiger partial charge >= 0.3 is 12.0 Å². The summed E-state index contributed by atoms with van der Waals surface area (Å²) in [5.74, 6) is -1.06. The second-order valence-electron chi connectivity index (χ2n) is 4.81. The maximum absolute atomic E-state index is 11.8. The fourth-order valence-corrected chi connectivity index (χ4v) is 1.45. The number of aliphatic carboxylic acids is 1. The smallest absolute Gasteiger partial charge is 0.326 e. The Morgan fingerprint density at radius 2 is 1.84 bits per heavy atom. The average Bonchev–Trinajstić information content (AvgIpc) is 2.33. The number of nitrogens with one attached hydrogen (secondary N) is 2. The fraction of sp³-hybridized carbons (Fsp3) is 0.750. The van der Waals surface area contributed by atoms with Crippen LogP contribution in [-0.4, -0.2) is 54.6 Å². The first kappa shape index (κ1) is 17.2. The van der Waals surface area contributed by atoms with Crippen molar-refractivity contribution in [3.63, 3.8) is 0 Å². The molecule has 0 spiro atoms. The molecule has 0 aliphatic rings. The van der Waals surface area contributed by atoms with Crippen LogP contribution in [0.15, 0.2) is 0 Å². The Hall–Kier alpha value is -1.79. The number of nitrogens with zero attached hydrogens (tertiary/aromatic N) is 1. The molecule has 0 heterocycles. The van der Waals surface area contributed by atoms with Crippen molar-refractivity contribution in [2.24, 2.45) is 5.92 Å². The van der Waals surface area contributed by atoms with Crippen molar-refractivity contribution in [3.05, 3.63) is 0 Å². The number of hydrogen-bond donors (Lipinski definition) is 3. The molecule has 0 rings (SSSR count). The standard InChI is InChI=1S/C12H23N3O4/c1-8(2)7-9(11(17)18)14-12(19)15(4)6-5-10(16)13-3/h8-9H,5-7H2,1-4H3,(H,13,16)(H,14,19)(H,17,18)/t9-/m1/s1. The van der Waals surface area contributed by atoms with Gasteiger partial charge in [0.25, 0.3) is 0 Å². The molecule has 0 aliphatic carbocycles. The minimum absolute atomic E-state index is 0.164. The predicted molar refractivity (Wildman–Crippen MR) is 70.7 cm³/mol. The van der Waals surface area contributed by atoms with Crippen molar-refractivity contribution in [2.45, 2.75) is 32.7 Å². The molecule has 0 aromatic rings. The largest absolute Gasteiger partial charge is 0.480 e. The van der Waals surface area contributed by atoms with Crippen LogP contribution in [0.4, 0.5) is 4.79 Å². The van der Waals surface area contributed by atoms with Gasteiger partial charge in [0.2, 0.25) is 5.91 Å². The van der Waals surface area contributed by atoms with E-state index in [1.165, 1.54) is 19.0 Å². The summed E-state index contributed by atoms with van der Waals surface area (Å²) >= 11 is 0. The second kappa shape index (κ2) is 8.34. The maximum atomic E-state index is 11.8. The Balaban J connectivity index is 4.31. The number of carboxylic acid groups (broad SMARTS) is 1. The molecular weight excluding hydrogens is 250 g/mol. The van der Waals surface area contributed by atoms with E-state index in [2.05, 4.69) is 10.6 Å². The Kier molecular flexibility index (Phi) is 7.55. The van der Waals surface area contributed by atoms with Crippen molar-refractivity contribution >= 4 is 17.9 Å². The molecule has 0 radical (unpaired) electrons. The molecule has 1 atom stereocenters. The van der Waals surface area contributed by atoms with Gasteiger partial charge in [-0.05, 0) is 12.3 Å². The van der Waals surface area contributed by atoms with Crippen molar-refractivity contribution in [2.75, 3.05) is 20.6 Å². The molecule has 19 heavy (non-hydrogen) atoms. The van der Waals surface area contributed by atoms with Crippen molar-refractivity contribution < 1.29 is 19.5 Å². The zero-order chi connectivity index (χ0) is 15.0. The van der Waals surface area contributed by atoms with Crippen LogP contribution < -0.4 is 10.6 Å². The predicted octanol–water partition coefficient (Wildman–Crippen LogP) is 0.263. The zero-order valence-corrected chi connectivity index (χ0v) is 11.9. The molecule has 0 aliphatic heterocycles. The summed E-state index contributed by atoms with van der Waals surface area (Å²) in [6.45, 7) is 4.01. The summed E-state index contributed by atoms with van der Waals surface area (Å²) in [4.78, 5) is 35.1. The lowest BCUT2D eigenvalue weighted by Gasteiger charge is -2.22. The summed E-state index contributed by atoms with van der Waals surface area (Å²) in [6, 6.07) is -1.40. The van der Waals surface area contributed by atoms with Gasteiger partial charge in [0.15, 0.2) is 0 Å². The van der Waals surface area contributed by atoms with Crippen molar-refractivity contribution in [3.8, 4) is 0 Å². The first-order valence-corrected chi connectivity index (χ1v) is 6.23. The molecular formula is C12H23N3O4. The third kappa shape index (κ3) is 7.28. The van der Waals surface area contributed by atoms with E-state index >= 15 is 0 Å². The van der Waals surface area contributed by atoms with Gasteiger partial charge in [-0.15, -0.1) is 0 Å². The Morgan fingerprint density at radius 3 is 2.26 bits per heavy atom. The van der Waals surface area contributed by atoms with Gasteiger partial charge in [-0.3, -0.25) is 4.79 Å². The lowest BCUT2D eigenvalue weighted by Crippen LogP contribution is -2.47. The summed E-state index contributed by atoms with van der Waals surface area (Å²) in [5.41, 5.74) is 0. The number of rotatable bonds is 7. The topological polar surface area (TPSA) is 98.7 Å². The van der Waals surface area contributed by atoms with Gasteiger partial charge in [-0.25, -0.2) is 9.59 Å². The van der Waals surface area contributed by atoms with E-state index in [4.69, 9.17) is 5.11 Å². The molecule has 0 aromatic heterocycles. The summed E-state index contributed by atoms with van der Waals surface area (Å²) in [6.07, 6.45) is 0.548. The molecule has 0 saturated carbocycles. The number of carbonyl (C=O) groups excluding carboxylic acids is 2. The monoisotopic (exact) mass is 273 g/mol. The number of carbonyl (C=O) groups is 3. The van der Waals surface area contributed by atoms with Gasteiger partial charge in [-0.1, -0.05) is 13.8 Å². The number of amides is 3. The fourth-order valence-electron chi connectivity index (χ4n) is 1.45. The number of hydrogen-bond acceptors (Lipinski definition) is 3. The lowest BCUT2D eigenvalue weighted by molar-refractivity contribution is -0.139. The van der Waals surface area contributed by atoms with E-state index < -0.39 is 18.0 Å². The van der Waals surface area contributed by atoms with Gasteiger partial charge in [0.1, 0.15) is 6.04 Å². The third-order valence-electron chi connectivity index (χ3n) is 2.60. The third-order valence-corrected chi connectivity index (χ3v) is 2.60. The van der Waals surface area contributed by atoms with Crippen LogP contribution in [0.1, 0.15) is 26.7 Å². The molecule has 0 aromatic carbocycles. The van der Waals surface area contributed by atoms with Crippen LogP contribution >= 0.6 is 0 Å². The summed E-state index contributed by atoms with van der Waals surface area (Å²) < 4.78 is 0. The van der Waals surface area contributed by atoms with Crippen molar-refractivity contribution in [1.82, 2.24) is 15.5 Å². The van der Waals surface area contributed by atoms with Crippen LogP contribution in [0.5, 0.6) is 0 Å². The molecule has 0 fully saturated rings. The zero-order valence-electron chi connectivity index (χ0n) is 11.9. The average molecular weight is 273 g/mol. The molecule has 0 unspecified atom stereocenters. The van der Waals surface area contributed by atoms with Crippen LogP contribution in [0.2, 0.25) is 0 Å². The van der Waals surface area contributed by atoms with Gasteiger partial charge in [0.05, 0.1) is 0 Å². The quantitative estimate of drug-likeness (QED) is 0.619. The first-order valence-electron chi connectivity index (χ1n) is 6.23. The van der Waals surface area contributed by atoms with Gasteiger partial charge < -0.3 is 20.6 Å². The highest BCUT2D eigenvalue weighted by Crippen LogP contribution is 2.05. The molecule has 0 bridgehead atoms. The highest BCUT2D eigenvalue weighted by Gasteiger charge is 2.22. The maximum Gasteiger partial charge on any atom is 0.326 e. The highest BCUT2D eigenvalue weighted by molar-refractivity contribution is 5.83. The Morgan fingerprint density at radius 1 is 1.26 bits per heavy atom. The minimum Gasteiger partial charge on any atom is -0.480 e. The van der Waals surface area contributed by atoms with E-state index in [-0.39, 0.29) is 24.8 Å². The molecule has 110 valence electrons. The number of urea groups is 1.